The second-order valence-electron chi connectivity index (χ2n) is 21.9. The highest BCUT2D eigenvalue weighted by Crippen LogP contribution is 2.55. The number of hydrogen-bond acceptors (Lipinski definition) is 27. The van der Waals surface area contributed by atoms with Crippen molar-refractivity contribution in [3.8, 4) is 0 Å². The lowest BCUT2D eigenvalue weighted by Crippen LogP contribution is -2.46. The molecule has 7 heterocycles. The summed E-state index contributed by atoms with van der Waals surface area (Å²) < 4.78 is 71.2. The van der Waals surface area contributed by atoms with Crippen LogP contribution < -0.4 is 38.5 Å². The zero-order valence-corrected chi connectivity index (χ0v) is 53.6. The average molecular weight is 1380 g/mol. The van der Waals surface area contributed by atoms with Gasteiger partial charge in [-0.2, -0.15) is 0 Å². The van der Waals surface area contributed by atoms with Crippen LogP contribution >= 0.6 is 13.4 Å². The summed E-state index contributed by atoms with van der Waals surface area (Å²) in [6.45, 7) is -6.55. The van der Waals surface area contributed by atoms with Crippen molar-refractivity contribution >= 4 is 124 Å². The number of nitrogens with one attached hydrogen (secondary N) is 4. The standard InChI is InChI=1S/C52H69FN16O20P2S2/c1-25(2)36(66-33(71)11-13-57-46(74)26(3)16-34(72)73)30(70)17-28(6-5-12-58-50(56)76)47(75)65-29-9-7-27(8-10-29)18-82-51(77)67(4)14-15-81-52(78)87-41-40-32(86-49(41)69-24-64-38-43(55)60-22-62-45(38)69)20-84-90(79,92)88-39-31(19-83-91(80,93)89-40)85-48(35(39)53)68-23-63-37-42(54)59-21-61-44(37)68/h7-10,21-26,28,31-32,35-36,39-41,48-49H,5-6,11-20H2,1-4H3,(H,57,74)(H,65,75)(H,66,71)(H,72,73)(H,79,92)(H,80,93)(H2,54,59,61)(H2,55,60,62)(H3,56,58,76)/t26?,28-,31-,32-,35-,36+,39-,40-,41-,48-,49-,90?,91?/m1/s1. The first-order valence-electron chi connectivity index (χ1n) is 28.7. The molecule has 3 fully saturated rings. The Kier molecular flexibility index (Phi) is 24.0. The number of carboxylic acids is 1. The van der Waals surface area contributed by atoms with Gasteiger partial charge in [0, 0.05) is 50.5 Å². The first-order valence-corrected chi connectivity index (χ1v) is 33.8. The minimum atomic E-state index is -4.51. The predicted molar refractivity (Wildman–Crippen MR) is 327 cm³/mol. The van der Waals surface area contributed by atoms with Gasteiger partial charge in [0.2, 0.25) is 17.7 Å². The third kappa shape index (κ3) is 18.7. The number of fused-ring (bicyclic) bond motifs is 4. The van der Waals surface area contributed by atoms with Gasteiger partial charge in [0.1, 0.15) is 61.3 Å². The van der Waals surface area contributed by atoms with Gasteiger partial charge in [0.05, 0.1) is 44.9 Å². The predicted octanol–water partition coefficient (Wildman–Crippen LogP) is 1.73. The molecule has 0 spiro atoms. The highest BCUT2D eigenvalue weighted by atomic mass is 32.5. The van der Waals surface area contributed by atoms with E-state index in [1.165, 1.54) is 47.9 Å². The van der Waals surface area contributed by atoms with Gasteiger partial charge >= 0.3 is 37.7 Å². The van der Waals surface area contributed by atoms with Crippen LogP contribution in [-0.2, 0) is 96.0 Å². The summed E-state index contributed by atoms with van der Waals surface area (Å²) in [4.78, 5) is 151. The molecule has 36 nitrogen and oxygen atoms in total. The number of hydrogen-bond donors (Lipinski definition) is 10. The zero-order valence-electron chi connectivity index (χ0n) is 50.2. The minimum Gasteiger partial charge on any atom is -0.481 e. The lowest BCUT2D eigenvalue weighted by atomic mass is 9.89. The molecule has 0 aliphatic carbocycles. The van der Waals surface area contributed by atoms with E-state index in [-0.39, 0.29) is 85.9 Å². The van der Waals surface area contributed by atoms with Crippen molar-refractivity contribution in [2.75, 3.05) is 63.3 Å². The molecular weight excluding hydrogens is 1310 g/mol. The summed E-state index contributed by atoms with van der Waals surface area (Å²) >= 11 is 10.8. The fraction of sp³-hybridized carbons (Fsp3) is 0.538. The molecule has 3 unspecified atom stereocenters. The normalized spacial score (nSPS) is 24.8. The second-order valence-corrected chi connectivity index (χ2v) is 27.5. The number of anilines is 3. The van der Waals surface area contributed by atoms with Gasteiger partial charge < -0.3 is 91.0 Å². The number of likely N-dealkylation sites (N-methyl/N-ethyl adjacent to an activating group) is 1. The van der Waals surface area contributed by atoms with Crippen molar-refractivity contribution in [1.82, 2.24) is 59.9 Å². The van der Waals surface area contributed by atoms with E-state index in [9.17, 15) is 48.1 Å². The van der Waals surface area contributed by atoms with Crippen LogP contribution in [-0.4, -0.2) is 196 Å². The van der Waals surface area contributed by atoms with Gasteiger partial charge in [-0.3, -0.25) is 42.2 Å². The molecule has 4 aromatic heterocycles. The first-order chi connectivity index (χ1) is 44.1. The molecule has 506 valence electrons. The Morgan fingerprint density at radius 3 is 1.99 bits per heavy atom. The Morgan fingerprint density at radius 2 is 1.39 bits per heavy atom. The number of nitrogens with zero attached hydrogens (tertiary/aromatic N) is 9. The number of amides is 6. The van der Waals surface area contributed by atoms with Crippen molar-refractivity contribution in [2.45, 2.75) is 115 Å². The van der Waals surface area contributed by atoms with Gasteiger partial charge in [0.25, 0.3) is 0 Å². The molecule has 3 aliphatic rings. The van der Waals surface area contributed by atoms with Crippen LogP contribution in [0, 0.1) is 17.8 Å². The minimum absolute atomic E-state index is 0.00384. The summed E-state index contributed by atoms with van der Waals surface area (Å²) in [5.74, 6) is -5.45. The number of alkyl halides is 1. The molecule has 1 aromatic carbocycles. The highest BCUT2D eigenvalue weighted by molar-refractivity contribution is 8.07. The maximum absolute atomic E-state index is 16.5. The quantitative estimate of drug-likeness (QED) is 0.0226. The average Bonchev–Trinajstić information content (AvgIpc) is 1.62. The molecule has 93 heavy (non-hydrogen) atoms. The maximum atomic E-state index is 16.5. The lowest BCUT2D eigenvalue weighted by Gasteiger charge is -2.30. The van der Waals surface area contributed by atoms with E-state index in [0.717, 1.165) is 17.6 Å². The molecule has 3 saturated heterocycles. The van der Waals surface area contributed by atoms with E-state index in [4.69, 9.17) is 87.7 Å². The number of nitrogen functional groups attached to an aromatic ring is 2. The number of Topliss-reactive ketones (excluding diaryl/α,β-unsaturated/α-hetero) is 1. The fourth-order valence-electron chi connectivity index (χ4n) is 9.95. The van der Waals surface area contributed by atoms with E-state index >= 15 is 4.39 Å². The number of ether oxygens (including phenoxy) is 5. The fourth-order valence-corrected chi connectivity index (χ4v) is 12.8. The van der Waals surface area contributed by atoms with Gasteiger partial charge in [-0.05, 0) is 60.1 Å². The van der Waals surface area contributed by atoms with Crippen molar-refractivity contribution < 1.29 is 99.4 Å². The molecule has 0 saturated carbocycles. The number of benzene rings is 1. The smallest absolute Gasteiger partial charge is 0.481 e. The number of primary amides is 1. The molecule has 13 N–H and O–H groups in total. The van der Waals surface area contributed by atoms with E-state index in [2.05, 4.69) is 51.2 Å². The number of carboxylic acid groups (broad SMARTS) is 1. The lowest BCUT2D eigenvalue weighted by molar-refractivity contribution is -0.140. The molecule has 8 rings (SSSR count). The topological polar surface area (TPSA) is 497 Å². The Hall–Kier alpha value is -7.81. The maximum Gasteiger partial charge on any atom is 0.508 e. The zero-order chi connectivity index (χ0) is 67.5. The Balaban J connectivity index is 0.859. The highest BCUT2D eigenvalue weighted by Gasteiger charge is 2.55. The van der Waals surface area contributed by atoms with Crippen LogP contribution in [0.1, 0.15) is 70.9 Å². The number of carbonyl (C=O) groups excluding carboxylic acids is 7. The molecule has 6 amide bonds. The van der Waals surface area contributed by atoms with E-state index in [0.29, 0.717) is 11.3 Å². The van der Waals surface area contributed by atoms with Gasteiger partial charge in [-0.1, -0.05) is 32.9 Å². The summed E-state index contributed by atoms with van der Waals surface area (Å²) in [6.07, 6.45) is -11.0. The van der Waals surface area contributed by atoms with Crippen molar-refractivity contribution in [1.29, 1.82) is 0 Å². The van der Waals surface area contributed by atoms with Crippen molar-refractivity contribution in [2.24, 2.45) is 23.5 Å². The number of halogens is 1. The van der Waals surface area contributed by atoms with Gasteiger partial charge in [-0.15, -0.1) is 0 Å². The third-order valence-corrected chi connectivity index (χ3v) is 17.8. The number of rotatable bonds is 25. The summed E-state index contributed by atoms with van der Waals surface area (Å²) in [7, 11) is 1.36. The number of aromatic nitrogens is 8. The Morgan fingerprint density at radius 1 is 0.796 bits per heavy atom. The number of imidazole rings is 2. The summed E-state index contributed by atoms with van der Waals surface area (Å²) in [5, 5.41) is 19.4. The van der Waals surface area contributed by atoms with Crippen molar-refractivity contribution in [3.63, 3.8) is 0 Å². The summed E-state index contributed by atoms with van der Waals surface area (Å²) in [6, 6.07) is 4.41. The molecule has 13 atom stereocenters. The SMILES string of the molecule is CC(CC(=O)O)C(=O)NCCC(=O)N[C@H](C(=O)C[C@@H](CCCNC(N)=O)C(=O)Nc1ccc(COC(=O)N(C)CCOC(=O)O[C@@H]2[C@@H]3OP(O)(=S)OC[C@H]4O[C@@H](n5cnc6c(N)ncnc65)[C@H](F)[C@@H]4OP(O)(=S)OC[C@H]3O[C@H]2n2cnc3c(N)ncnc32)cc1)C(C)C. The van der Waals surface area contributed by atoms with Crippen LogP contribution in [0.4, 0.5) is 36.1 Å². The number of aliphatic carboxylic acids is 1. The van der Waals surface area contributed by atoms with E-state index < -0.39 is 160 Å². The summed E-state index contributed by atoms with van der Waals surface area (Å²) in [5.41, 5.74) is 18.4. The van der Waals surface area contributed by atoms with E-state index in [1.807, 2.05) is 0 Å². The van der Waals surface area contributed by atoms with Crippen molar-refractivity contribution in [3.05, 3.63) is 55.1 Å². The molecule has 0 bridgehead atoms. The molecule has 5 aromatic rings. The molecule has 41 heteroatoms. The number of carbonyl (C=O) groups is 8. The van der Waals surface area contributed by atoms with Crippen LogP contribution in [0.25, 0.3) is 22.3 Å². The molecule has 3 aliphatic heterocycles. The number of ketones is 1. The second kappa shape index (κ2) is 31.4. The van der Waals surface area contributed by atoms with Gasteiger partial charge in [0.15, 0.2) is 53.4 Å². The van der Waals surface area contributed by atoms with Gasteiger partial charge in [-0.25, -0.2) is 48.7 Å². The monoisotopic (exact) mass is 1380 g/mol. The Labute approximate surface area is 538 Å². The van der Waals surface area contributed by atoms with Crippen LogP contribution in [0.15, 0.2) is 49.6 Å². The molecule has 0 radical (unpaired) electrons. The van der Waals surface area contributed by atoms with Crippen LogP contribution in [0.2, 0.25) is 0 Å². The largest absolute Gasteiger partial charge is 0.508 e. The van der Waals surface area contributed by atoms with Crippen LogP contribution in [0.5, 0.6) is 0 Å². The number of nitrogens with two attached hydrogens (primary N) is 3. The number of urea groups is 1. The Bertz CT molecular complexity index is 3650. The van der Waals surface area contributed by atoms with Crippen LogP contribution in [0.3, 0.4) is 0 Å². The third-order valence-electron chi connectivity index (χ3n) is 14.7. The first kappa shape index (κ1) is 71.0. The molecular formula is C52H69FN16O20P2S2. The van der Waals surface area contributed by atoms with E-state index in [1.54, 1.807) is 26.0 Å².